The van der Waals surface area contributed by atoms with E-state index in [1.807, 2.05) is 49.4 Å². The zero-order chi connectivity index (χ0) is 20.1. The number of carbonyl (C=O) groups is 2. The molecule has 0 unspecified atom stereocenters. The topological polar surface area (TPSA) is 69.0 Å². The predicted octanol–water partition coefficient (Wildman–Crippen LogP) is 3.70. The van der Waals surface area contributed by atoms with E-state index >= 15 is 0 Å². The van der Waals surface area contributed by atoms with E-state index in [0.717, 1.165) is 16.5 Å². The minimum absolute atomic E-state index is 0.0670. The van der Waals surface area contributed by atoms with Crippen LogP contribution in [0.2, 0.25) is 0 Å². The molecule has 3 aromatic rings. The van der Waals surface area contributed by atoms with Gasteiger partial charge in [-0.1, -0.05) is 42.5 Å². The zero-order valence-electron chi connectivity index (χ0n) is 16.2. The standard InChI is InChI=1S/C22H23NO5/c1-15-8-4-5-9-16(15)12-23(2)20(24)14-27-22(25)21-18(13-26-3)17-10-6-7-11-19(17)28-21/h4-11H,12-14H2,1-3H3. The molecule has 0 fully saturated rings. The Morgan fingerprint density at radius 1 is 1.07 bits per heavy atom. The van der Waals surface area contributed by atoms with E-state index in [2.05, 4.69) is 0 Å². The fourth-order valence-corrected chi connectivity index (χ4v) is 2.99. The number of esters is 1. The van der Waals surface area contributed by atoms with Crippen LogP contribution < -0.4 is 0 Å². The summed E-state index contributed by atoms with van der Waals surface area (Å²) in [5, 5.41) is 0.791. The Morgan fingerprint density at radius 3 is 2.54 bits per heavy atom. The molecule has 0 saturated carbocycles. The molecule has 0 aliphatic carbocycles. The van der Waals surface area contributed by atoms with E-state index < -0.39 is 5.97 Å². The van der Waals surface area contributed by atoms with Crippen molar-refractivity contribution in [1.29, 1.82) is 0 Å². The van der Waals surface area contributed by atoms with Gasteiger partial charge in [0.2, 0.25) is 5.76 Å². The van der Waals surface area contributed by atoms with Crippen molar-refractivity contribution in [2.45, 2.75) is 20.1 Å². The fourth-order valence-electron chi connectivity index (χ4n) is 2.99. The molecule has 2 aromatic carbocycles. The number of nitrogens with zero attached hydrogens (tertiary/aromatic N) is 1. The monoisotopic (exact) mass is 381 g/mol. The summed E-state index contributed by atoms with van der Waals surface area (Å²) in [6.45, 7) is 2.29. The quantitative estimate of drug-likeness (QED) is 0.584. The number of hydrogen-bond donors (Lipinski definition) is 0. The van der Waals surface area contributed by atoms with Gasteiger partial charge in [0.15, 0.2) is 6.61 Å². The highest BCUT2D eigenvalue weighted by molar-refractivity contribution is 5.96. The van der Waals surface area contributed by atoms with Crippen LogP contribution in [0.3, 0.4) is 0 Å². The number of furan rings is 1. The summed E-state index contributed by atoms with van der Waals surface area (Å²) in [7, 11) is 3.22. The van der Waals surface area contributed by atoms with Crippen LogP contribution in [0, 0.1) is 6.92 Å². The molecule has 0 aliphatic rings. The van der Waals surface area contributed by atoms with E-state index in [1.165, 1.54) is 4.90 Å². The second-order valence-electron chi connectivity index (χ2n) is 6.59. The van der Waals surface area contributed by atoms with Gasteiger partial charge in [-0.25, -0.2) is 4.79 Å². The lowest BCUT2D eigenvalue weighted by molar-refractivity contribution is -0.133. The van der Waals surface area contributed by atoms with Crippen molar-refractivity contribution in [2.75, 3.05) is 20.8 Å². The molecule has 0 spiro atoms. The number of fused-ring (bicyclic) bond motifs is 1. The molecule has 1 heterocycles. The van der Waals surface area contributed by atoms with Crippen molar-refractivity contribution < 1.29 is 23.5 Å². The first kappa shape index (κ1) is 19.6. The molecule has 0 saturated heterocycles. The van der Waals surface area contributed by atoms with E-state index in [1.54, 1.807) is 20.2 Å². The number of likely N-dealkylation sites (N-methyl/N-ethyl adjacent to an activating group) is 1. The number of amides is 1. The van der Waals surface area contributed by atoms with E-state index in [9.17, 15) is 9.59 Å². The van der Waals surface area contributed by atoms with Crippen molar-refractivity contribution in [1.82, 2.24) is 4.90 Å². The van der Waals surface area contributed by atoms with Crippen molar-refractivity contribution in [3.63, 3.8) is 0 Å². The second-order valence-corrected chi connectivity index (χ2v) is 6.59. The lowest BCUT2D eigenvalue weighted by atomic mass is 10.1. The molecule has 0 radical (unpaired) electrons. The van der Waals surface area contributed by atoms with Crippen LogP contribution in [0.1, 0.15) is 27.2 Å². The van der Waals surface area contributed by atoms with Gasteiger partial charge in [0.25, 0.3) is 5.91 Å². The number of para-hydroxylation sites is 1. The van der Waals surface area contributed by atoms with Crippen molar-refractivity contribution in [3.05, 3.63) is 71.0 Å². The summed E-state index contributed by atoms with van der Waals surface area (Å²) in [6, 6.07) is 15.1. The van der Waals surface area contributed by atoms with E-state index in [0.29, 0.717) is 17.7 Å². The molecule has 0 bridgehead atoms. The smallest absolute Gasteiger partial charge is 0.375 e. The number of benzene rings is 2. The normalized spacial score (nSPS) is 10.8. The van der Waals surface area contributed by atoms with Crippen LogP contribution in [-0.4, -0.2) is 37.5 Å². The summed E-state index contributed by atoms with van der Waals surface area (Å²) >= 11 is 0. The first-order valence-corrected chi connectivity index (χ1v) is 8.96. The number of aryl methyl sites for hydroxylation is 1. The molecule has 3 rings (SSSR count). The summed E-state index contributed by atoms with van der Waals surface area (Å²) in [5.74, 6) is -0.903. The summed E-state index contributed by atoms with van der Waals surface area (Å²) in [5.41, 5.74) is 3.34. The number of hydrogen-bond acceptors (Lipinski definition) is 5. The van der Waals surface area contributed by atoms with Crippen LogP contribution >= 0.6 is 0 Å². The van der Waals surface area contributed by atoms with Gasteiger partial charge in [0.1, 0.15) is 5.58 Å². The van der Waals surface area contributed by atoms with Crippen molar-refractivity contribution >= 4 is 22.8 Å². The Labute approximate surface area is 163 Å². The molecule has 0 aliphatic heterocycles. The average molecular weight is 381 g/mol. The molecule has 0 N–H and O–H groups in total. The summed E-state index contributed by atoms with van der Waals surface area (Å²) in [4.78, 5) is 26.4. The Balaban J connectivity index is 1.66. The molecular formula is C22H23NO5. The fraction of sp³-hybridized carbons (Fsp3) is 0.273. The zero-order valence-corrected chi connectivity index (χ0v) is 16.2. The van der Waals surface area contributed by atoms with Crippen LogP contribution in [0.15, 0.2) is 52.9 Å². The number of ether oxygens (including phenoxy) is 2. The maximum Gasteiger partial charge on any atom is 0.375 e. The van der Waals surface area contributed by atoms with Crippen LogP contribution in [0.25, 0.3) is 11.0 Å². The van der Waals surface area contributed by atoms with E-state index in [-0.39, 0.29) is 24.9 Å². The maximum atomic E-state index is 12.5. The minimum atomic E-state index is -0.680. The Hall–Kier alpha value is -3.12. The van der Waals surface area contributed by atoms with Crippen molar-refractivity contribution in [2.24, 2.45) is 0 Å². The second kappa shape index (κ2) is 8.71. The maximum absolute atomic E-state index is 12.5. The first-order valence-electron chi connectivity index (χ1n) is 8.96. The van der Waals surface area contributed by atoms with Gasteiger partial charge in [-0.3, -0.25) is 4.79 Å². The molecule has 1 amide bonds. The SMILES string of the molecule is COCc1c(C(=O)OCC(=O)N(C)Cc2ccccc2C)oc2ccccc12. The third kappa shape index (κ3) is 4.23. The molecule has 146 valence electrons. The minimum Gasteiger partial charge on any atom is -0.450 e. The molecule has 28 heavy (non-hydrogen) atoms. The van der Waals surface area contributed by atoms with Gasteiger partial charge >= 0.3 is 5.97 Å². The van der Waals surface area contributed by atoms with Gasteiger partial charge in [0, 0.05) is 31.7 Å². The molecule has 6 heteroatoms. The largest absolute Gasteiger partial charge is 0.450 e. The third-order valence-electron chi connectivity index (χ3n) is 4.59. The number of methoxy groups -OCH3 is 1. The Kier molecular flexibility index (Phi) is 6.11. The Bertz CT molecular complexity index is 992. The number of rotatable bonds is 7. The average Bonchev–Trinajstić information content (AvgIpc) is 3.06. The number of carbonyl (C=O) groups excluding carboxylic acids is 2. The molecule has 0 atom stereocenters. The van der Waals surface area contributed by atoms with Crippen LogP contribution in [0.4, 0.5) is 0 Å². The lowest BCUT2D eigenvalue weighted by Gasteiger charge is -2.18. The van der Waals surface area contributed by atoms with Gasteiger partial charge in [-0.05, 0) is 24.1 Å². The lowest BCUT2D eigenvalue weighted by Crippen LogP contribution is -2.31. The third-order valence-corrected chi connectivity index (χ3v) is 4.59. The molecule has 1 aromatic heterocycles. The highest BCUT2D eigenvalue weighted by Crippen LogP contribution is 2.27. The van der Waals surface area contributed by atoms with Crippen LogP contribution in [0.5, 0.6) is 0 Å². The Morgan fingerprint density at radius 2 is 1.79 bits per heavy atom. The molecule has 6 nitrogen and oxygen atoms in total. The van der Waals surface area contributed by atoms with E-state index in [4.69, 9.17) is 13.9 Å². The summed E-state index contributed by atoms with van der Waals surface area (Å²) in [6.07, 6.45) is 0. The molecular weight excluding hydrogens is 358 g/mol. The van der Waals surface area contributed by atoms with Gasteiger partial charge in [-0.2, -0.15) is 0 Å². The van der Waals surface area contributed by atoms with Crippen LogP contribution in [-0.2, 0) is 27.4 Å². The highest BCUT2D eigenvalue weighted by Gasteiger charge is 2.23. The predicted molar refractivity (Wildman–Crippen MR) is 105 cm³/mol. The van der Waals surface area contributed by atoms with Gasteiger partial charge < -0.3 is 18.8 Å². The van der Waals surface area contributed by atoms with Gasteiger partial charge in [-0.15, -0.1) is 0 Å². The highest BCUT2D eigenvalue weighted by atomic mass is 16.5. The summed E-state index contributed by atoms with van der Waals surface area (Å²) < 4.78 is 16.0. The first-order chi connectivity index (χ1) is 13.5. The van der Waals surface area contributed by atoms with Crippen molar-refractivity contribution in [3.8, 4) is 0 Å². The van der Waals surface area contributed by atoms with Gasteiger partial charge in [0.05, 0.1) is 6.61 Å².